The molecule has 6 nitrogen and oxygen atoms in total. The van der Waals surface area contributed by atoms with E-state index in [0.29, 0.717) is 39.1 Å². The number of carboxylic acid groups (broad SMARTS) is 1. The van der Waals surface area contributed by atoms with Crippen LogP contribution in [-0.2, 0) is 14.3 Å². The van der Waals surface area contributed by atoms with Crippen LogP contribution >= 0.6 is 0 Å². The lowest BCUT2D eigenvalue weighted by atomic mass is 9.82. The molecular formula is C12H20N2O4. The molecule has 2 aliphatic rings. The van der Waals surface area contributed by atoms with Gasteiger partial charge in [0.2, 0.25) is 5.91 Å². The Hall–Kier alpha value is -1.14. The first kappa shape index (κ1) is 13.3. The minimum atomic E-state index is -0.837. The highest BCUT2D eigenvalue weighted by atomic mass is 16.5. The molecule has 1 saturated heterocycles. The van der Waals surface area contributed by atoms with Crippen LogP contribution in [0.15, 0.2) is 0 Å². The molecule has 1 heterocycles. The summed E-state index contributed by atoms with van der Waals surface area (Å²) in [6.45, 7) is 2.52. The van der Waals surface area contributed by atoms with Crippen molar-refractivity contribution in [3.63, 3.8) is 0 Å². The Morgan fingerprint density at radius 1 is 1.22 bits per heavy atom. The highest BCUT2D eigenvalue weighted by Gasteiger charge is 2.43. The molecule has 2 fully saturated rings. The first-order valence-electron chi connectivity index (χ1n) is 6.48. The van der Waals surface area contributed by atoms with Crippen LogP contribution in [0.1, 0.15) is 32.1 Å². The number of aliphatic carboxylic acids is 1. The number of hydrogen-bond donors (Lipinski definition) is 2. The highest BCUT2D eigenvalue weighted by Crippen LogP contribution is 2.41. The third-order valence-electron chi connectivity index (χ3n) is 3.81. The third-order valence-corrected chi connectivity index (χ3v) is 3.81. The predicted molar refractivity (Wildman–Crippen MR) is 63.7 cm³/mol. The summed E-state index contributed by atoms with van der Waals surface area (Å²) < 4.78 is 5.19. The van der Waals surface area contributed by atoms with E-state index in [1.807, 2.05) is 0 Å². The summed E-state index contributed by atoms with van der Waals surface area (Å²) in [5.41, 5.74) is 1.94. The number of hydrogen-bond acceptors (Lipinski definition) is 4. The maximum atomic E-state index is 11.9. The Morgan fingerprint density at radius 2 is 1.83 bits per heavy atom. The predicted octanol–water partition coefficient (Wildman–Crippen LogP) is 0.385. The molecule has 0 bridgehead atoms. The number of hydrazine groups is 1. The number of rotatable bonds is 4. The molecule has 1 aliphatic carbocycles. The van der Waals surface area contributed by atoms with Gasteiger partial charge in [0, 0.05) is 19.5 Å². The van der Waals surface area contributed by atoms with Crippen LogP contribution in [0.4, 0.5) is 0 Å². The topological polar surface area (TPSA) is 78.9 Å². The maximum Gasteiger partial charge on any atom is 0.310 e. The zero-order valence-electron chi connectivity index (χ0n) is 10.5. The Bertz CT molecular complexity index is 320. The summed E-state index contributed by atoms with van der Waals surface area (Å²) in [7, 11) is 0. The van der Waals surface area contributed by atoms with E-state index in [1.165, 1.54) is 0 Å². The van der Waals surface area contributed by atoms with Gasteiger partial charge in [-0.05, 0) is 12.8 Å². The summed E-state index contributed by atoms with van der Waals surface area (Å²) in [6.07, 6.45) is 3.10. The van der Waals surface area contributed by atoms with Gasteiger partial charge in [-0.25, -0.2) is 5.01 Å². The standard InChI is InChI=1S/C12H20N2O4/c15-10(13-14-5-7-18-8-6-14)9-12(11(16)17)3-1-2-4-12/h1-9H2,(H,13,15)(H,16,17). The second kappa shape index (κ2) is 5.67. The summed E-state index contributed by atoms with van der Waals surface area (Å²) >= 11 is 0. The van der Waals surface area contributed by atoms with Crippen molar-refractivity contribution in [2.75, 3.05) is 26.3 Å². The lowest BCUT2D eigenvalue weighted by molar-refractivity contribution is -0.152. The maximum absolute atomic E-state index is 11.9. The van der Waals surface area contributed by atoms with E-state index in [1.54, 1.807) is 5.01 Å². The number of ether oxygens (including phenoxy) is 1. The van der Waals surface area contributed by atoms with E-state index in [4.69, 9.17) is 4.74 Å². The molecule has 18 heavy (non-hydrogen) atoms. The normalized spacial score (nSPS) is 23.8. The number of morpholine rings is 1. The number of nitrogens with zero attached hydrogens (tertiary/aromatic N) is 1. The van der Waals surface area contributed by atoms with Gasteiger partial charge in [0.1, 0.15) is 0 Å². The summed E-state index contributed by atoms with van der Waals surface area (Å²) in [5.74, 6) is -1.03. The number of amides is 1. The zero-order valence-corrected chi connectivity index (χ0v) is 10.5. The average Bonchev–Trinajstić information content (AvgIpc) is 2.80. The van der Waals surface area contributed by atoms with Crippen molar-refractivity contribution in [1.82, 2.24) is 10.4 Å². The fourth-order valence-electron chi connectivity index (χ4n) is 2.72. The van der Waals surface area contributed by atoms with E-state index in [9.17, 15) is 14.7 Å². The molecule has 0 atom stereocenters. The third kappa shape index (κ3) is 3.00. The van der Waals surface area contributed by atoms with Crippen LogP contribution in [0.2, 0.25) is 0 Å². The van der Waals surface area contributed by atoms with Crippen molar-refractivity contribution in [3.8, 4) is 0 Å². The van der Waals surface area contributed by atoms with E-state index >= 15 is 0 Å². The van der Waals surface area contributed by atoms with Gasteiger partial charge in [-0.2, -0.15) is 0 Å². The molecule has 0 spiro atoms. The molecule has 6 heteroatoms. The van der Waals surface area contributed by atoms with Crippen LogP contribution in [0.25, 0.3) is 0 Å². The van der Waals surface area contributed by atoms with Gasteiger partial charge >= 0.3 is 5.97 Å². The van der Waals surface area contributed by atoms with Crippen LogP contribution in [-0.4, -0.2) is 48.3 Å². The SMILES string of the molecule is O=C(CC1(C(=O)O)CCCC1)NN1CCOCC1. The quantitative estimate of drug-likeness (QED) is 0.760. The Balaban J connectivity index is 1.87. The summed E-state index contributed by atoms with van der Waals surface area (Å²) in [4.78, 5) is 23.3. The summed E-state index contributed by atoms with van der Waals surface area (Å²) in [6, 6.07) is 0. The van der Waals surface area contributed by atoms with E-state index in [2.05, 4.69) is 5.43 Å². The smallest absolute Gasteiger partial charge is 0.310 e. The number of nitrogens with one attached hydrogen (secondary N) is 1. The molecule has 1 aliphatic heterocycles. The van der Waals surface area contributed by atoms with Crippen LogP contribution in [0, 0.1) is 5.41 Å². The minimum absolute atomic E-state index is 0.0830. The van der Waals surface area contributed by atoms with Gasteiger partial charge in [0.05, 0.1) is 18.6 Å². The van der Waals surface area contributed by atoms with E-state index in [0.717, 1.165) is 12.8 Å². The molecule has 1 amide bonds. The van der Waals surface area contributed by atoms with Crippen molar-refractivity contribution in [2.45, 2.75) is 32.1 Å². The monoisotopic (exact) mass is 256 g/mol. The fourth-order valence-corrected chi connectivity index (χ4v) is 2.72. The van der Waals surface area contributed by atoms with Crippen molar-refractivity contribution >= 4 is 11.9 Å². The lowest BCUT2D eigenvalue weighted by Gasteiger charge is -2.29. The Kier molecular flexibility index (Phi) is 4.19. The van der Waals surface area contributed by atoms with Gasteiger partial charge in [-0.3, -0.25) is 15.0 Å². The Labute approximate surface area is 106 Å². The van der Waals surface area contributed by atoms with Gasteiger partial charge in [-0.15, -0.1) is 0 Å². The molecule has 0 radical (unpaired) electrons. The van der Waals surface area contributed by atoms with Crippen molar-refractivity contribution < 1.29 is 19.4 Å². The zero-order chi connectivity index (χ0) is 13.0. The minimum Gasteiger partial charge on any atom is -0.481 e. The first-order valence-corrected chi connectivity index (χ1v) is 6.48. The molecule has 102 valence electrons. The number of carbonyl (C=O) groups is 2. The van der Waals surface area contributed by atoms with Crippen molar-refractivity contribution in [3.05, 3.63) is 0 Å². The van der Waals surface area contributed by atoms with Crippen molar-refractivity contribution in [1.29, 1.82) is 0 Å². The van der Waals surface area contributed by atoms with E-state index < -0.39 is 11.4 Å². The second-order valence-corrected chi connectivity index (χ2v) is 5.10. The van der Waals surface area contributed by atoms with Gasteiger partial charge < -0.3 is 9.84 Å². The Morgan fingerprint density at radius 3 is 2.39 bits per heavy atom. The highest BCUT2D eigenvalue weighted by molar-refractivity contribution is 5.84. The van der Waals surface area contributed by atoms with Crippen molar-refractivity contribution in [2.24, 2.45) is 5.41 Å². The van der Waals surface area contributed by atoms with Gasteiger partial charge in [0.25, 0.3) is 0 Å². The van der Waals surface area contributed by atoms with Crippen LogP contribution in [0.5, 0.6) is 0 Å². The summed E-state index contributed by atoms with van der Waals surface area (Å²) in [5, 5.41) is 11.1. The average molecular weight is 256 g/mol. The van der Waals surface area contributed by atoms with E-state index in [-0.39, 0.29) is 12.3 Å². The number of carboxylic acids is 1. The molecule has 2 rings (SSSR count). The molecule has 1 saturated carbocycles. The van der Waals surface area contributed by atoms with Crippen LogP contribution in [0.3, 0.4) is 0 Å². The van der Waals surface area contributed by atoms with Gasteiger partial charge in [0.15, 0.2) is 0 Å². The fraction of sp³-hybridized carbons (Fsp3) is 0.833. The lowest BCUT2D eigenvalue weighted by Crippen LogP contribution is -2.49. The molecule has 0 aromatic carbocycles. The second-order valence-electron chi connectivity index (χ2n) is 5.10. The number of carbonyl (C=O) groups excluding carboxylic acids is 1. The first-order chi connectivity index (χ1) is 8.62. The van der Waals surface area contributed by atoms with Crippen LogP contribution < -0.4 is 5.43 Å². The molecular weight excluding hydrogens is 236 g/mol. The van der Waals surface area contributed by atoms with Gasteiger partial charge in [-0.1, -0.05) is 12.8 Å². The molecule has 0 unspecified atom stereocenters. The molecule has 2 N–H and O–H groups in total. The molecule has 0 aromatic heterocycles. The molecule has 0 aromatic rings. The largest absolute Gasteiger partial charge is 0.481 e.